The molecule has 1 amide bonds. The van der Waals surface area contributed by atoms with Gasteiger partial charge in [0.1, 0.15) is 5.83 Å². The lowest BCUT2D eigenvalue weighted by molar-refractivity contribution is -0.134. The molecule has 0 N–H and O–H groups in total. The van der Waals surface area contributed by atoms with Crippen LogP contribution in [0.2, 0.25) is 0 Å². The smallest absolute Gasteiger partial charge is 0.232 e. The molecular formula is C22H27FN2O3S. The predicted octanol–water partition coefficient (Wildman–Crippen LogP) is 3.98. The zero-order valence-corrected chi connectivity index (χ0v) is 17.9. The van der Waals surface area contributed by atoms with E-state index in [-0.39, 0.29) is 23.2 Å². The third-order valence-electron chi connectivity index (χ3n) is 4.92. The van der Waals surface area contributed by atoms with E-state index in [1.807, 2.05) is 0 Å². The molecule has 1 aromatic rings. The molecule has 2 rings (SSSR count). The Morgan fingerprint density at radius 2 is 1.90 bits per heavy atom. The van der Waals surface area contributed by atoms with Crippen LogP contribution in [0.25, 0.3) is 0 Å². The van der Waals surface area contributed by atoms with Crippen LogP contribution in [0.4, 0.5) is 4.39 Å². The molecule has 0 fully saturated rings. The van der Waals surface area contributed by atoms with Crippen molar-refractivity contribution in [2.24, 2.45) is 4.99 Å². The minimum absolute atomic E-state index is 0.0963. The largest absolute Gasteiger partial charge is 0.341 e. The number of rotatable bonds is 8. The zero-order valence-electron chi connectivity index (χ0n) is 17.1. The van der Waals surface area contributed by atoms with Gasteiger partial charge < -0.3 is 4.90 Å². The van der Waals surface area contributed by atoms with E-state index >= 15 is 0 Å². The van der Waals surface area contributed by atoms with Crippen LogP contribution < -0.4 is 0 Å². The molecule has 0 aliphatic heterocycles. The Kier molecular flexibility index (Phi) is 7.30. The second-order valence-corrected chi connectivity index (χ2v) is 9.41. The Labute approximate surface area is 172 Å². The van der Waals surface area contributed by atoms with Crippen molar-refractivity contribution in [1.82, 2.24) is 4.90 Å². The van der Waals surface area contributed by atoms with Gasteiger partial charge >= 0.3 is 0 Å². The predicted molar refractivity (Wildman–Crippen MR) is 114 cm³/mol. The fourth-order valence-electron chi connectivity index (χ4n) is 3.15. The van der Waals surface area contributed by atoms with Crippen LogP contribution in [0.15, 0.2) is 69.2 Å². The molecule has 0 saturated heterocycles. The summed E-state index contributed by atoms with van der Waals surface area (Å²) in [6.45, 7) is 7.58. The van der Waals surface area contributed by atoms with Crippen molar-refractivity contribution in [3.63, 3.8) is 0 Å². The summed E-state index contributed by atoms with van der Waals surface area (Å²) in [5, 5.41) is 1.11. The molecule has 0 radical (unpaired) electrons. The van der Waals surface area contributed by atoms with E-state index in [1.54, 1.807) is 44.0 Å². The van der Waals surface area contributed by atoms with E-state index in [4.69, 9.17) is 0 Å². The number of benzene rings is 1. The van der Waals surface area contributed by atoms with Crippen molar-refractivity contribution in [3.8, 4) is 0 Å². The van der Waals surface area contributed by atoms with Crippen molar-refractivity contribution in [1.29, 1.82) is 0 Å². The van der Waals surface area contributed by atoms with E-state index in [0.717, 1.165) is 11.0 Å². The second-order valence-electron chi connectivity index (χ2n) is 7.57. The number of hydrogen-bond acceptors (Lipinski definition) is 4. The molecule has 156 valence electrons. The number of allylic oxidation sites excluding steroid dienone is 3. The minimum atomic E-state index is -3.56. The zero-order chi connectivity index (χ0) is 21.7. The highest BCUT2D eigenvalue weighted by molar-refractivity contribution is 7.94. The van der Waals surface area contributed by atoms with E-state index < -0.39 is 15.3 Å². The maximum absolute atomic E-state index is 13.1. The van der Waals surface area contributed by atoms with E-state index in [0.29, 0.717) is 24.9 Å². The van der Waals surface area contributed by atoms with Gasteiger partial charge in [-0.25, -0.2) is 12.8 Å². The number of halogens is 1. The van der Waals surface area contributed by atoms with Gasteiger partial charge in [0.15, 0.2) is 9.84 Å². The number of sulfone groups is 1. The van der Waals surface area contributed by atoms with E-state index in [1.165, 1.54) is 24.3 Å². The average molecular weight is 419 g/mol. The fourth-order valence-corrected chi connectivity index (χ4v) is 4.16. The number of amides is 1. The lowest BCUT2D eigenvalue weighted by Crippen LogP contribution is -2.42. The van der Waals surface area contributed by atoms with Gasteiger partial charge in [0.05, 0.1) is 16.9 Å². The highest BCUT2D eigenvalue weighted by atomic mass is 32.2. The maximum atomic E-state index is 13.1. The minimum Gasteiger partial charge on any atom is -0.341 e. The van der Waals surface area contributed by atoms with Gasteiger partial charge in [0, 0.05) is 25.4 Å². The topological polar surface area (TPSA) is 66.8 Å². The monoisotopic (exact) mass is 418 g/mol. The first-order valence-electron chi connectivity index (χ1n) is 9.32. The van der Waals surface area contributed by atoms with Crippen molar-refractivity contribution in [2.45, 2.75) is 37.0 Å². The molecule has 1 aliphatic carbocycles. The first-order chi connectivity index (χ1) is 13.6. The lowest BCUT2D eigenvalue weighted by atomic mass is 9.83. The summed E-state index contributed by atoms with van der Waals surface area (Å²) in [7, 11) is -1.84. The number of carbonyl (C=O) groups is 1. The standard InChI is InChI=1S/C22H27FN2O3S/c1-22(2,21(26)25(4)16-17-6-10-19(23)11-7-17)18-8-12-20(13-9-18)29(27,28)15-5-14-24-3/h5-6,8-10,12-13,15H,3,7,11,14,16H2,1-2,4H3. The van der Waals surface area contributed by atoms with Gasteiger partial charge in [-0.2, -0.15) is 0 Å². The SMILES string of the molecule is C=NCC=CS(=O)(=O)c1ccc(C(C)(C)C(=O)N(C)CC2=CC=C(F)CC2)cc1. The maximum Gasteiger partial charge on any atom is 0.232 e. The summed E-state index contributed by atoms with van der Waals surface area (Å²) in [5.41, 5.74) is 0.879. The number of hydrogen-bond donors (Lipinski definition) is 0. The molecule has 1 aliphatic rings. The number of carbonyl (C=O) groups excluding carboxylic acids is 1. The molecule has 0 aromatic heterocycles. The highest BCUT2D eigenvalue weighted by Gasteiger charge is 2.33. The van der Waals surface area contributed by atoms with Gasteiger partial charge in [-0.15, -0.1) is 0 Å². The average Bonchev–Trinajstić information content (AvgIpc) is 2.69. The molecule has 0 unspecified atom stereocenters. The number of aliphatic imine (C=N–C) groups is 1. The summed E-state index contributed by atoms with van der Waals surface area (Å²) in [5.74, 6) is -0.241. The third kappa shape index (κ3) is 5.73. The summed E-state index contributed by atoms with van der Waals surface area (Å²) < 4.78 is 37.7. The van der Waals surface area contributed by atoms with Crippen LogP contribution >= 0.6 is 0 Å². The van der Waals surface area contributed by atoms with E-state index in [2.05, 4.69) is 11.7 Å². The molecule has 1 aromatic carbocycles. The van der Waals surface area contributed by atoms with E-state index in [9.17, 15) is 17.6 Å². The summed E-state index contributed by atoms with van der Waals surface area (Å²) in [6.07, 6.45) is 5.57. The second kappa shape index (κ2) is 9.31. The lowest BCUT2D eigenvalue weighted by Gasteiger charge is -2.31. The molecule has 5 nitrogen and oxygen atoms in total. The van der Waals surface area contributed by atoms with Crippen molar-refractivity contribution >= 4 is 22.5 Å². The Morgan fingerprint density at radius 1 is 1.24 bits per heavy atom. The number of likely N-dealkylation sites (N-methyl/N-ethyl adjacent to an activating group) is 1. The molecule has 7 heteroatoms. The number of nitrogens with zero attached hydrogens (tertiary/aromatic N) is 2. The van der Waals surface area contributed by atoms with Gasteiger partial charge in [0.25, 0.3) is 0 Å². The molecule has 29 heavy (non-hydrogen) atoms. The Morgan fingerprint density at radius 3 is 2.45 bits per heavy atom. The Bertz CT molecular complexity index is 958. The van der Waals surface area contributed by atoms with Gasteiger partial charge in [-0.05, 0) is 50.8 Å². The Balaban J connectivity index is 2.15. The normalized spacial score (nSPS) is 15.0. The molecular weight excluding hydrogens is 391 g/mol. The van der Waals surface area contributed by atoms with Gasteiger partial charge in [-0.1, -0.05) is 29.9 Å². The van der Waals surface area contributed by atoms with Gasteiger partial charge in [0.2, 0.25) is 5.91 Å². The van der Waals surface area contributed by atoms with Crippen LogP contribution in [-0.2, 0) is 20.0 Å². The van der Waals surface area contributed by atoms with Crippen LogP contribution in [-0.4, -0.2) is 46.1 Å². The molecule has 0 heterocycles. The third-order valence-corrected chi connectivity index (χ3v) is 6.40. The molecule has 0 atom stereocenters. The quantitative estimate of drug-likeness (QED) is 0.600. The van der Waals surface area contributed by atoms with Crippen LogP contribution in [0.3, 0.4) is 0 Å². The summed E-state index contributed by atoms with van der Waals surface area (Å²) in [6, 6.07) is 6.33. The van der Waals surface area contributed by atoms with Crippen LogP contribution in [0.1, 0.15) is 32.3 Å². The van der Waals surface area contributed by atoms with Gasteiger partial charge in [-0.3, -0.25) is 9.79 Å². The first-order valence-corrected chi connectivity index (χ1v) is 10.9. The first kappa shape index (κ1) is 22.7. The summed E-state index contributed by atoms with van der Waals surface area (Å²) >= 11 is 0. The van der Waals surface area contributed by atoms with Crippen molar-refractivity contribution in [3.05, 3.63) is 64.9 Å². The van der Waals surface area contributed by atoms with Crippen molar-refractivity contribution in [2.75, 3.05) is 20.1 Å². The van der Waals surface area contributed by atoms with Crippen LogP contribution in [0.5, 0.6) is 0 Å². The van der Waals surface area contributed by atoms with Crippen molar-refractivity contribution < 1.29 is 17.6 Å². The summed E-state index contributed by atoms with van der Waals surface area (Å²) in [4.78, 5) is 18.4. The van der Waals surface area contributed by atoms with Crippen LogP contribution in [0, 0.1) is 0 Å². The molecule has 0 spiro atoms. The molecule has 0 bridgehead atoms. The fraction of sp³-hybridized carbons (Fsp3) is 0.364. The Hall–Kier alpha value is -2.54. The molecule has 0 saturated carbocycles. The highest BCUT2D eigenvalue weighted by Crippen LogP contribution is 2.28.